The van der Waals surface area contributed by atoms with Crippen molar-refractivity contribution in [1.82, 2.24) is 5.32 Å². The number of ether oxygens (including phenoxy) is 1. The van der Waals surface area contributed by atoms with Crippen molar-refractivity contribution < 1.29 is 19.4 Å². The molecular formula is C30H35NO4. The molecule has 184 valence electrons. The predicted molar refractivity (Wildman–Crippen MR) is 140 cm³/mol. The third-order valence-corrected chi connectivity index (χ3v) is 5.91. The molecule has 0 bridgehead atoms. The van der Waals surface area contributed by atoms with Gasteiger partial charge in [0, 0.05) is 12.1 Å². The van der Waals surface area contributed by atoms with Gasteiger partial charge >= 0.3 is 5.97 Å². The monoisotopic (exact) mass is 473 g/mol. The van der Waals surface area contributed by atoms with Crippen LogP contribution in [0, 0.1) is 0 Å². The highest BCUT2D eigenvalue weighted by atomic mass is 16.5. The molecule has 0 saturated heterocycles. The molecule has 0 spiro atoms. The number of carboxylic acid groups (broad SMARTS) is 1. The number of amides is 1. The van der Waals surface area contributed by atoms with E-state index in [0.29, 0.717) is 12.2 Å². The zero-order valence-electron chi connectivity index (χ0n) is 20.8. The molecule has 5 nitrogen and oxygen atoms in total. The van der Waals surface area contributed by atoms with E-state index in [1.807, 2.05) is 24.3 Å². The Morgan fingerprint density at radius 3 is 2.00 bits per heavy atom. The lowest BCUT2D eigenvalue weighted by Crippen LogP contribution is -2.25. The first-order valence-electron chi connectivity index (χ1n) is 12.1. The van der Waals surface area contributed by atoms with Crippen LogP contribution in [0.1, 0.15) is 61.5 Å². The summed E-state index contributed by atoms with van der Waals surface area (Å²) in [5.74, 6) is -0.305. The van der Waals surface area contributed by atoms with Crippen LogP contribution in [-0.4, -0.2) is 30.1 Å². The van der Waals surface area contributed by atoms with E-state index in [2.05, 4.69) is 62.5 Å². The first-order chi connectivity index (χ1) is 16.7. The van der Waals surface area contributed by atoms with Gasteiger partial charge in [-0.15, -0.1) is 0 Å². The van der Waals surface area contributed by atoms with Crippen LogP contribution in [0.3, 0.4) is 0 Å². The predicted octanol–water partition coefficient (Wildman–Crippen LogP) is 6.26. The van der Waals surface area contributed by atoms with Gasteiger partial charge in [0.1, 0.15) is 5.75 Å². The lowest BCUT2D eigenvalue weighted by atomic mass is 9.86. The number of carboxylic acids is 1. The molecular weight excluding hydrogens is 438 g/mol. The highest BCUT2D eigenvalue weighted by Gasteiger charge is 2.13. The third kappa shape index (κ3) is 8.29. The van der Waals surface area contributed by atoms with Crippen LogP contribution in [0.15, 0.2) is 72.8 Å². The molecule has 0 aliphatic carbocycles. The standard InChI is InChI=1S/C30H35NO4/c1-30(2,3)26-15-11-23(12-16-26)24-13-17-27(18-14-24)35-21-5-4-6-22-7-9-25(10-8-22)29(34)31-20-19-28(32)33/h7-18H,4-6,19-21H2,1-3H3,(H,31,34)(H,32,33). The van der Waals surface area contributed by atoms with E-state index >= 15 is 0 Å². The SMILES string of the molecule is CC(C)(C)c1ccc(-c2ccc(OCCCCc3ccc(C(=O)NCCC(=O)O)cc3)cc2)cc1. The number of hydrogen-bond donors (Lipinski definition) is 2. The highest BCUT2D eigenvalue weighted by Crippen LogP contribution is 2.27. The van der Waals surface area contributed by atoms with Gasteiger partial charge in [-0.05, 0) is 71.2 Å². The second kappa shape index (κ2) is 12.2. The van der Waals surface area contributed by atoms with E-state index in [9.17, 15) is 9.59 Å². The van der Waals surface area contributed by atoms with Crippen molar-refractivity contribution in [2.75, 3.05) is 13.2 Å². The molecule has 0 aliphatic rings. The minimum atomic E-state index is -0.927. The molecule has 0 heterocycles. The van der Waals surface area contributed by atoms with Crippen molar-refractivity contribution in [3.63, 3.8) is 0 Å². The summed E-state index contributed by atoms with van der Waals surface area (Å²) in [5, 5.41) is 11.2. The summed E-state index contributed by atoms with van der Waals surface area (Å²) in [6, 6.07) is 24.4. The molecule has 1 amide bonds. The number of carbonyl (C=O) groups is 2. The van der Waals surface area contributed by atoms with E-state index in [0.717, 1.165) is 30.6 Å². The Balaban J connectivity index is 1.38. The molecule has 0 saturated carbocycles. The molecule has 3 aromatic rings. The third-order valence-electron chi connectivity index (χ3n) is 5.91. The lowest BCUT2D eigenvalue weighted by Gasteiger charge is -2.19. The van der Waals surface area contributed by atoms with Crippen molar-refractivity contribution in [3.05, 3.63) is 89.5 Å². The fraction of sp³-hybridized carbons (Fsp3) is 0.333. The molecule has 0 aliphatic heterocycles. The van der Waals surface area contributed by atoms with E-state index < -0.39 is 5.97 Å². The Bertz CT molecular complexity index is 1100. The Morgan fingerprint density at radius 2 is 1.43 bits per heavy atom. The van der Waals surface area contributed by atoms with Crippen LogP contribution in [-0.2, 0) is 16.6 Å². The average Bonchev–Trinajstić information content (AvgIpc) is 2.84. The van der Waals surface area contributed by atoms with Gasteiger partial charge < -0.3 is 15.2 Å². The minimum Gasteiger partial charge on any atom is -0.494 e. The molecule has 0 unspecified atom stereocenters. The van der Waals surface area contributed by atoms with Crippen LogP contribution in [0.25, 0.3) is 11.1 Å². The van der Waals surface area contributed by atoms with Gasteiger partial charge in [0.2, 0.25) is 0 Å². The summed E-state index contributed by atoms with van der Waals surface area (Å²) < 4.78 is 5.91. The first kappa shape index (κ1) is 26.0. The van der Waals surface area contributed by atoms with Gasteiger partial charge in [0.05, 0.1) is 13.0 Å². The topological polar surface area (TPSA) is 75.6 Å². The van der Waals surface area contributed by atoms with Crippen molar-refractivity contribution in [2.24, 2.45) is 0 Å². The zero-order chi connectivity index (χ0) is 25.3. The van der Waals surface area contributed by atoms with Gasteiger partial charge in [-0.2, -0.15) is 0 Å². The van der Waals surface area contributed by atoms with Gasteiger partial charge in [-0.25, -0.2) is 0 Å². The summed E-state index contributed by atoms with van der Waals surface area (Å²) in [7, 11) is 0. The number of unbranched alkanes of at least 4 members (excludes halogenated alkanes) is 1. The Labute approximate surface area is 208 Å². The Kier molecular flexibility index (Phi) is 9.07. The molecule has 3 rings (SSSR count). The minimum absolute atomic E-state index is 0.0819. The second-order valence-corrected chi connectivity index (χ2v) is 9.75. The van der Waals surface area contributed by atoms with Crippen molar-refractivity contribution in [2.45, 2.75) is 51.9 Å². The molecule has 0 atom stereocenters. The summed E-state index contributed by atoms with van der Waals surface area (Å²) in [4.78, 5) is 22.5. The zero-order valence-corrected chi connectivity index (χ0v) is 20.8. The lowest BCUT2D eigenvalue weighted by molar-refractivity contribution is -0.136. The highest BCUT2D eigenvalue weighted by molar-refractivity contribution is 5.94. The van der Waals surface area contributed by atoms with Crippen molar-refractivity contribution >= 4 is 11.9 Å². The van der Waals surface area contributed by atoms with Gasteiger partial charge in [-0.1, -0.05) is 69.3 Å². The second-order valence-electron chi connectivity index (χ2n) is 9.75. The first-order valence-corrected chi connectivity index (χ1v) is 12.1. The number of benzene rings is 3. The van der Waals surface area contributed by atoms with Crippen LogP contribution in [0.5, 0.6) is 5.75 Å². The van der Waals surface area contributed by atoms with Gasteiger partial charge in [0.15, 0.2) is 0 Å². The van der Waals surface area contributed by atoms with Crippen LogP contribution >= 0.6 is 0 Å². The Morgan fingerprint density at radius 1 is 0.829 bits per heavy atom. The maximum absolute atomic E-state index is 12.0. The summed E-state index contributed by atoms with van der Waals surface area (Å²) in [5.41, 5.74) is 5.56. The number of aliphatic carboxylic acids is 1. The number of carbonyl (C=O) groups excluding carboxylic acids is 1. The van der Waals surface area contributed by atoms with Crippen LogP contribution < -0.4 is 10.1 Å². The average molecular weight is 474 g/mol. The van der Waals surface area contributed by atoms with E-state index in [1.54, 1.807) is 12.1 Å². The molecule has 2 N–H and O–H groups in total. The van der Waals surface area contributed by atoms with Crippen molar-refractivity contribution in [1.29, 1.82) is 0 Å². The van der Waals surface area contributed by atoms with Crippen molar-refractivity contribution in [3.8, 4) is 16.9 Å². The number of nitrogens with one attached hydrogen (secondary N) is 1. The fourth-order valence-electron chi connectivity index (χ4n) is 3.74. The van der Waals surface area contributed by atoms with Crippen LogP contribution in [0.4, 0.5) is 0 Å². The van der Waals surface area contributed by atoms with Gasteiger partial charge in [0.25, 0.3) is 5.91 Å². The van der Waals surface area contributed by atoms with E-state index in [-0.39, 0.29) is 24.3 Å². The fourth-order valence-corrected chi connectivity index (χ4v) is 3.74. The molecule has 3 aromatic carbocycles. The molecule has 0 radical (unpaired) electrons. The summed E-state index contributed by atoms with van der Waals surface area (Å²) in [6.45, 7) is 7.45. The number of rotatable bonds is 11. The van der Waals surface area contributed by atoms with E-state index in [1.165, 1.54) is 16.7 Å². The smallest absolute Gasteiger partial charge is 0.305 e. The maximum atomic E-state index is 12.0. The Hall–Kier alpha value is -3.60. The molecule has 5 heteroatoms. The summed E-state index contributed by atoms with van der Waals surface area (Å²) >= 11 is 0. The van der Waals surface area contributed by atoms with Gasteiger partial charge in [-0.3, -0.25) is 9.59 Å². The largest absolute Gasteiger partial charge is 0.494 e. The molecule has 0 fully saturated rings. The quantitative estimate of drug-likeness (QED) is 0.322. The number of aryl methyl sites for hydroxylation is 1. The molecule has 0 aromatic heterocycles. The van der Waals surface area contributed by atoms with Crippen LogP contribution in [0.2, 0.25) is 0 Å². The molecule has 35 heavy (non-hydrogen) atoms. The summed E-state index contributed by atoms with van der Waals surface area (Å²) in [6.07, 6.45) is 2.76. The number of hydrogen-bond acceptors (Lipinski definition) is 3. The maximum Gasteiger partial charge on any atom is 0.305 e. The van der Waals surface area contributed by atoms with E-state index in [4.69, 9.17) is 9.84 Å². The normalized spacial score (nSPS) is 11.2.